The van der Waals surface area contributed by atoms with Crippen molar-refractivity contribution in [3.63, 3.8) is 0 Å². The van der Waals surface area contributed by atoms with Crippen LogP contribution in [0.2, 0.25) is 0 Å². The molecule has 48 heavy (non-hydrogen) atoms. The Hall–Kier alpha value is -4.14. The number of hydrogen-bond donors (Lipinski definition) is 1. The van der Waals surface area contributed by atoms with E-state index in [-0.39, 0.29) is 18.9 Å². The molecular weight excluding hydrogens is 614 g/mol. The molecule has 0 aromatic heterocycles. The standard InChI is InChI=1S/C37H47N3O8/c1-25(35(42)46-24-29-7-5-4-6-8-29)47-37(44)32(22-27-11-12-27)39(3)34(41)33(48-36(43)31(38-2)21-26-9-10-26)23-28-13-15-30(16-14-28)40-17-19-45-20-18-40/h5,7-8,13-16,25-27,31-33,38H,9-12,17-24H2,1-3H3/t25-,31+,32+,33-/m1/s1. The van der Waals surface area contributed by atoms with Crippen LogP contribution in [0.1, 0.15) is 56.6 Å². The topological polar surface area (TPSA) is 124 Å². The molecule has 258 valence electrons. The highest BCUT2D eigenvalue weighted by Crippen LogP contribution is 2.36. The number of hydrogen-bond acceptors (Lipinski definition) is 10. The van der Waals surface area contributed by atoms with Crippen molar-refractivity contribution in [2.45, 2.75) is 82.8 Å². The number of likely N-dealkylation sites (N-methyl/N-ethyl adjacent to an activating group) is 2. The lowest BCUT2D eigenvalue weighted by Crippen LogP contribution is -2.51. The van der Waals surface area contributed by atoms with Gasteiger partial charge in [0.15, 0.2) is 12.2 Å². The second-order valence-corrected chi connectivity index (χ2v) is 13.1. The van der Waals surface area contributed by atoms with Crippen LogP contribution < -0.4 is 10.2 Å². The minimum atomic E-state index is -1.18. The molecule has 0 radical (unpaired) electrons. The second kappa shape index (κ2) is 16.8. The van der Waals surface area contributed by atoms with Crippen LogP contribution in [-0.2, 0) is 51.2 Å². The monoisotopic (exact) mass is 661 g/mol. The molecule has 1 heterocycles. The van der Waals surface area contributed by atoms with Crippen LogP contribution in [0.3, 0.4) is 0 Å². The first-order chi connectivity index (χ1) is 23.2. The number of morpholine rings is 1. The number of carbonyl (C=O) groups excluding carboxylic acids is 4. The van der Waals surface area contributed by atoms with Gasteiger partial charge in [-0.2, -0.15) is 0 Å². The summed E-state index contributed by atoms with van der Waals surface area (Å²) in [6, 6.07) is 17.0. The minimum Gasteiger partial charge on any atom is -0.458 e. The quantitative estimate of drug-likeness (QED) is 0.200. The molecule has 0 unspecified atom stereocenters. The number of esters is 3. The van der Waals surface area contributed by atoms with Gasteiger partial charge in [0.1, 0.15) is 18.7 Å². The molecule has 3 fully saturated rings. The Labute approximate surface area is 283 Å². The molecule has 1 saturated heterocycles. The van der Waals surface area contributed by atoms with Crippen molar-refractivity contribution >= 4 is 29.5 Å². The summed E-state index contributed by atoms with van der Waals surface area (Å²) in [7, 11) is 3.25. The molecule has 2 aromatic carbocycles. The lowest BCUT2D eigenvalue weighted by Gasteiger charge is -2.31. The Morgan fingerprint density at radius 1 is 0.917 bits per heavy atom. The summed E-state index contributed by atoms with van der Waals surface area (Å²) in [4.78, 5) is 57.3. The van der Waals surface area contributed by atoms with Gasteiger partial charge in [0.25, 0.3) is 5.91 Å². The van der Waals surface area contributed by atoms with Gasteiger partial charge in [0, 0.05) is 32.2 Å². The van der Waals surface area contributed by atoms with Gasteiger partial charge in [-0.25, -0.2) is 9.59 Å². The van der Waals surface area contributed by atoms with E-state index < -0.39 is 48.1 Å². The van der Waals surface area contributed by atoms with Crippen molar-refractivity contribution in [1.82, 2.24) is 10.2 Å². The van der Waals surface area contributed by atoms with Crippen molar-refractivity contribution in [3.05, 3.63) is 65.7 Å². The maximum Gasteiger partial charge on any atom is 0.347 e. The number of benzene rings is 1. The lowest BCUT2D eigenvalue weighted by atomic mass is 10.0. The fourth-order valence-corrected chi connectivity index (χ4v) is 5.80. The van der Waals surface area contributed by atoms with Crippen LogP contribution in [-0.4, -0.2) is 93.4 Å². The Morgan fingerprint density at radius 3 is 2.23 bits per heavy atom. The van der Waals surface area contributed by atoms with E-state index in [2.05, 4.69) is 22.3 Å². The van der Waals surface area contributed by atoms with Crippen LogP contribution in [0.25, 0.3) is 0 Å². The Morgan fingerprint density at radius 2 is 1.60 bits per heavy atom. The molecule has 11 nitrogen and oxygen atoms in total. The normalized spacial score (nSPS) is 18.4. The maximum absolute atomic E-state index is 14.2. The van der Waals surface area contributed by atoms with Crippen molar-refractivity contribution in [2.75, 3.05) is 45.3 Å². The molecule has 11 heteroatoms. The van der Waals surface area contributed by atoms with Gasteiger partial charge in [-0.05, 0) is 80.1 Å². The predicted octanol–water partition coefficient (Wildman–Crippen LogP) is 3.27. The summed E-state index contributed by atoms with van der Waals surface area (Å²) in [5, 5.41) is 3.05. The van der Waals surface area contributed by atoms with E-state index in [0.29, 0.717) is 32.0 Å². The van der Waals surface area contributed by atoms with Crippen molar-refractivity contribution in [2.24, 2.45) is 11.8 Å². The highest BCUT2D eigenvalue weighted by molar-refractivity contribution is 5.90. The number of rotatable bonds is 17. The third-order valence-electron chi connectivity index (χ3n) is 9.23. The van der Waals surface area contributed by atoms with Gasteiger partial charge < -0.3 is 34.1 Å². The van der Waals surface area contributed by atoms with Crippen LogP contribution in [0.5, 0.6) is 0 Å². The third kappa shape index (κ3) is 10.2. The zero-order chi connectivity index (χ0) is 34.0. The number of carbonyl (C=O) groups is 4. The first kappa shape index (κ1) is 35.2. The second-order valence-electron chi connectivity index (χ2n) is 13.1. The fourth-order valence-electron chi connectivity index (χ4n) is 5.80. The zero-order valence-corrected chi connectivity index (χ0v) is 28.2. The molecule has 0 bridgehead atoms. The molecule has 0 spiro atoms. The highest BCUT2D eigenvalue weighted by Gasteiger charge is 2.40. The van der Waals surface area contributed by atoms with E-state index in [1.807, 2.05) is 24.3 Å². The Bertz CT molecular complexity index is 1370. The van der Waals surface area contributed by atoms with Crippen LogP contribution in [0.15, 0.2) is 42.5 Å². The molecule has 3 aliphatic rings. The molecule has 1 amide bonds. The van der Waals surface area contributed by atoms with Gasteiger partial charge in [-0.1, -0.05) is 49.9 Å². The maximum atomic E-state index is 14.2. The summed E-state index contributed by atoms with van der Waals surface area (Å²) in [6.45, 7) is 4.39. The van der Waals surface area contributed by atoms with Gasteiger partial charge in [-0.3, -0.25) is 9.59 Å². The predicted molar refractivity (Wildman–Crippen MR) is 177 cm³/mol. The Balaban J connectivity index is 1.28. The number of nitrogens with zero attached hydrogens (tertiary/aromatic N) is 2. The summed E-state index contributed by atoms with van der Waals surface area (Å²) in [5.74, 6) is -1.67. The molecule has 2 aromatic rings. The highest BCUT2D eigenvalue weighted by atomic mass is 16.6. The average Bonchev–Trinajstić information content (AvgIpc) is 4.05. The summed E-state index contributed by atoms with van der Waals surface area (Å²) >= 11 is 0. The van der Waals surface area contributed by atoms with Crippen molar-refractivity contribution in [1.29, 1.82) is 0 Å². The largest absolute Gasteiger partial charge is 0.458 e. The SMILES string of the molecule is CN[C@@H](CC1CC1)C(=O)O[C@H](Cc1ccc(N2CCOCC2)cc1)C(=O)N(C)[C@@H](CC1CC1)C(=O)O[C@H](C)C(=O)OCc1cc#ccc1. The van der Waals surface area contributed by atoms with E-state index in [0.717, 1.165) is 55.6 Å². The lowest BCUT2D eigenvalue weighted by molar-refractivity contribution is -0.173. The van der Waals surface area contributed by atoms with E-state index in [9.17, 15) is 19.2 Å². The smallest absolute Gasteiger partial charge is 0.347 e. The number of nitrogens with one attached hydrogen (secondary N) is 1. The zero-order valence-electron chi connectivity index (χ0n) is 28.2. The molecular formula is C37H47N3O8. The van der Waals surface area contributed by atoms with Crippen molar-refractivity contribution < 1.29 is 38.1 Å². The fraction of sp³-hybridized carbons (Fsp3) is 0.568. The number of anilines is 1. The van der Waals surface area contributed by atoms with Gasteiger partial charge >= 0.3 is 17.9 Å². The van der Waals surface area contributed by atoms with Crippen LogP contribution >= 0.6 is 0 Å². The first-order valence-corrected chi connectivity index (χ1v) is 17.0. The molecule has 2 aliphatic carbocycles. The van der Waals surface area contributed by atoms with E-state index in [1.54, 1.807) is 25.2 Å². The molecule has 4 atom stereocenters. The minimum absolute atomic E-state index is 0.00459. The molecule has 2 saturated carbocycles. The Kier molecular flexibility index (Phi) is 12.3. The number of amides is 1. The van der Waals surface area contributed by atoms with Crippen LogP contribution in [0.4, 0.5) is 5.69 Å². The van der Waals surface area contributed by atoms with Crippen LogP contribution in [0, 0.1) is 24.0 Å². The van der Waals surface area contributed by atoms with Crippen molar-refractivity contribution in [3.8, 4) is 0 Å². The van der Waals surface area contributed by atoms with E-state index >= 15 is 0 Å². The first-order valence-electron chi connectivity index (χ1n) is 17.0. The average molecular weight is 662 g/mol. The summed E-state index contributed by atoms with van der Waals surface area (Å²) in [5.41, 5.74) is 2.60. The van der Waals surface area contributed by atoms with Gasteiger partial charge in [0.05, 0.1) is 13.2 Å². The summed E-state index contributed by atoms with van der Waals surface area (Å²) < 4.78 is 22.3. The van der Waals surface area contributed by atoms with Gasteiger partial charge in [0.2, 0.25) is 0 Å². The third-order valence-corrected chi connectivity index (χ3v) is 9.23. The number of ether oxygens (including phenoxy) is 4. The molecule has 5 rings (SSSR count). The summed E-state index contributed by atoms with van der Waals surface area (Å²) in [6.07, 6.45) is 2.85. The molecule has 1 N–H and O–H groups in total. The molecule has 1 aliphatic heterocycles. The van der Waals surface area contributed by atoms with Gasteiger partial charge in [-0.15, -0.1) is 0 Å². The van der Waals surface area contributed by atoms with E-state index in [1.165, 1.54) is 18.9 Å². The van der Waals surface area contributed by atoms with E-state index in [4.69, 9.17) is 18.9 Å².